The number of aromatic nitrogens is 2. The van der Waals surface area contributed by atoms with Crippen molar-refractivity contribution in [3.05, 3.63) is 30.2 Å². The minimum atomic E-state index is 0.281. The first-order chi connectivity index (χ1) is 7.86. The van der Waals surface area contributed by atoms with Crippen molar-refractivity contribution in [3.8, 4) is 5.88 Å². The molecule has 3 rings (SSSR count). The first-order valence-electron chi connectivity index (χ1n) is 5.72. The molecule has 0 spiro atoms. The van der Waals surface area contributed by atoms with Gasteiger partial charge in [0, 0.05) is 5.92 Å². The number of fused-ring (bicyclic) bond motifs is 1. The van der Waals surface area contributed by atoms with E-state index in [1.807, 2.05) is 22.7 Å². The molecule has 1 aliphatic rings. The van der Waals surface area contributed by atoms with Crippen LogP contribution in [0.4, 0.5) is 0 Å². The molecule has 4 heteroatoms. The topological polar surface area (TPSA) is 49.6 Å². The molecule has 0 amide bonds. The van der Waals surface area contributed by atoms with Crippen molar-refractivity contribution in [2.45, 2.75) is 18.8 Å². The quantitative estimate of drug-likeness (QED) is 0.761. The van der Waals surface area contributed by atoms with Gasteiger partial charge in [0.15, 0.2) is 5.88 Å². The fourth-order valence-corrected chi connectivity index (χ4v) is 2.42. The highest BCUT2D eigenvalue weighted by Gasteiger charge is 2.20. The van der Waals surface area contributed by atoms with Gasteiger partial charge in [0.05, 0.1) is 11.7 Å². The van der Waals surface area contributed by atoms with Gasteiger partial charge in [-0.2, -0.15) is 0 Å². The maximum atomic E-state index is 9.88. The van der Waals surface area contributed by atoms with E-state index < -0.39 is 0 Å². The second-order valence-corrected chi connectivity index (χ2v) is 4.28. The maximum absolute atomic E-state index is 9.88. The Kier molecular flexibility index (Phi) is 2.29. The second-order valence-electron chi connectivity index (χ2n) is 4.28. The smallest absolute Gasteiger partial charge is 0.197 e. The number of pyridine rings is 1. The zero-order chi connectivity index (χ0) is 11.0. The molecule has 1 fully saturated rings. The van der Waals surface area contributed by atoms with Crippen molar-refractivity contribution in [2.24, 2.45) is 0 Å². The molecule has 3 heterocycles. The lowest BCUT2D eigenvalue weighted by Gasteiger charge is -2.21. The van der Waals surface area contributed by atoms with Gasteiger partial charge in [-0.25, -0.2) is 4.98 Å². The van der Waals surface area contributed by atoms with E-state index in [1.54, 1.807) is 6.07 Å². The van der Waals surface area contributed by atoms with Crippen molar-refractivity contribution < 1.29 is 5.11 Å². The summed E-state index contributed by atoms with van der Waals surface area (Å²) in [5.41, 5.74) is 0.966. The number of piperidine rings is 1. The van der Waals surface area contributed by atoms with E-state index in [-0.39, 0.29) is 5.88 Å². The van der Waals surface area contributed by atoms with Crippen LogP contribution in [-0.2, 0) is 0 Å². The van der Waals surface area contributed by atoms with Gasteiger partial charge in [-0.1, -0.05) is 6.07 Å². The molecule has 2 aromatic heterocycles. The number of hydrogen-bond acceptors (Lipinski definition) is 3. The predicted octanol–water partition coefficient (Wildman–Crippen LogP) is 1.51. The predicted molar refractivity (Wildman–Crippen MR) is 61.7 cm³/mol. The molecule has 2 N–H and O–H groups in total. The Labute approximate surface area is 93.9 Å². The van der Waals surface area contributed by atoms with Crippen LogP contribution in [0.1, 0.15) is 24.6 Å². The minimum absolute atomic E-state index is 0.281. The average molecular weight is 217 g/mol. The van der Waals surface area contributed by atoms with Crippen LogP contribution >= 0.6 is 0 Å². The van der Waals surface area contributed by atoms with Crippen molar-refractivity contribution in [1.29, 1.82) is 0 Å². The zero-order valence-electron chi connectivity index (χ0n) is 9.06. The molecular formula is C12H15N3O. The van der Waals surface area contributed by atoms with Crippen LogP contribution < -0.4 is 5.32 Å². The normalized spacial score (nSPS) is 18.0. The zero-order valence-corrected chi connectivity index (χ0v) is 9.06. The fraction of sp³-hybridized carbons (Fsp3) is 0.417. The lowest BCUT2D eigenvalue weighted by atomic mass is 9.97. The van der Waals surface area contributed by atoms with E-state index in [0.717, 1.165) is 37.3 Å². The summed E-state index contributed by atoms with van der Waals surface area (Å²) in [5.74, 6) is 1.73. The molecule has 0 aliphatic carbocycles. The van der Waals surface area contributed by atoms with Crippen molar-refractivity contribution in [2.75, 3.05) is 13.1 Å². The lowest BCUT2D eigenvalue weighted by molar-refractivity contribution is 0.416. The molecule has 0 atom stereocenters. The summed E-state index contributed by atoms with van der Waals surface area (Å²) < 4.78 is 1.86. The molecule has 0 saturated carbocycles. The van der Waals surface area contributed by atoms with Crippen molar-refractivity contribution >= 4 is 5.52 Å². The van der Waals surface area contributed by atoms with Gasteiger partial charge in [0.25, 0.3) is 0 Å². The molecule has 4 nitrogen and oxygen atoms in total. The lowest BCUT2D eigenvalue weighted by Crippen LogP contribution is -2.27. The van der Waals surface area contributed by atoms with Gasteiger partial charge in [-0.3, -0.25) is 4.40 Å². The van der Waals surface area contributed by atoms with Gasteiger partial charge in [0.2, 0.25) is 0 Å². The molecule has 84 valence electrons. The molecule has 1 aliphatic heterocycles. The number of hydrogen-bond donors (Lipinski definition) is 2. The molecule has 1 saturated heterocycles. The van der Waals surface area contributed by atoms with E-state index in [1.165, 1.54) is 0 Å². The Morgan fingerprint density at radius 3 is 2.94 bits per heavy atom. The van der Waals surface area contributed by atoms with Crippen molar-refractivity contribution in [1.82, 2.24) is 14.7 Å². The highest BCUT2D eigenvalue weighted by molar-refractivity contribution is 5.49. The van der Waals surface area contributed by atoms with Crippen molar-refractivity contribution in [3.63, 3.8) is 0 Å². The molecule has 0 radical (unpaired) electrons. The highest BCUT2D eigenvalue weighted by atomic mass is 16.3. The van der Waals surface area contributed by atoms with E-state index in [4.69, 9.17) is 0 Å². The first-order valence-corrected chi connectivity index (χ1v) is 5.72. The standard InChI is InChI=1S/C12H15N3O/c16-11-3-1-2-10-8-14-12(15(10)11)9-4-6-13-7-5-9/h1-3,8-9,13,16H,4-7H2. The molecule has 16 heavy (non-hydrogen) atoms. The summed E-state index contributed by atoms with van der Waals surface area (Å²) in [6.45, 7) is 2.07. The summed E-state index contributed by atoms with van der Waals surface area (Å²) in [6.07, 6.45) is 4.01. The van der Waals surface area contributed by atoms with Gasteiger partial charge >= 0.3 is 0 Å². The Hall–Kier alpha value is -1.55. The molecule has 0 aromatic carbocycles. The summed E-state index contributed by atoms with van der Waals surface area (Å²) >= 11 is 0. The second kappa shape index (κ2) is 3.79. The molecule has 0 unspecified atom stereocenters. The van der Waals surface area contributed by atoms with Gasteiger partial charge < -0.3 is 10.4 Å². The van der Waals surface area contributed by atoms with Crippen LogP contribution in [0.15, 0.2) is 24.4 Å². The fourth-order valence-electron chi connectivity index (χ4n) is 2.42. The summed E-state index contributed by atoms with van der Waals surface area (Å²) in [6, 6.07) is 5.52. The Bertz CT molecular complexity index is 500. The van der Waals surface area contributed by atoms with Crippen LogP contribution in [0.3, 0.4) is 0 Å². The number of nitrogens with zero attached hydrogens (tertiary/aromatic N) is 2. The van der Waals surface area contributed by atoms with E-state index in [9.17, 15) is 5.11 Å². The monoisotopic (exact) mass is 217 g/mol. The van der Waals surface area contributed by atoms with E-state index in [0.29, 0.717) is 5.92 Å². The number of rotatable bonds is 1. The highest BCUT2D eigenvalue weighted by Crippen LogP contribution is 2.27. The minimum Gasteiger partial charge on any atom is -0.494 e. The summed E-state index contributed by atoms with van der Waals surface area (Å²) in [5, 5.41) is 13.2. The Morgan fingerprint density at radius 2 is 2.12 bits per heavy atom. The van der Waals surface area contributed by atoms with E-state index >= 15 is 0 Å². The van der Waals surface area contributed by atoms with Crippen LogP contribution in [0.2, 0.25) is 0 Å². The Balaban J connectivity index is 2.09. The summed E-state index contributed by atoms with van der Waals surface area (Å²) in [4.78, 5) is 4.46. The van der Waals surface area contributed by atoms with Gasteiger partial charge in [-0.15, -0.1) is 0 Å². The third-order valence-corrected chi connectivity index (χ3v) is 3.26. The number of nitrogens with one attached hydrogen (secondary N) is 1. The van der Waals surface area contributed by atoms with E-state index in [2.05, 4.69) is 10.3 Å². The van der Waals surface area contributed by atoms with Gasteiger partial charge in [-0.05, 0) is 38.1 Å². The van der Waals surface area contributed by atoms with Gasteiger partial charge in [0.1, 0.15) is 5.82 Å². The third kappa shape index (κ3) is 1.46. The average Bonchev–Trinajstić information content (AvgIpc) is 2.75. The molecule has 2 aromatic rings. The Morgan fingerprint density at radius 1 is 1.31 bits per heavy atom. The summed E-state index contributed by atoms with van der Waals surface area (Å²) in [7, 11) is 0. The van der Waals surface area contributed by atoms with Crippen LogP contribution in [0.5, 0.6) is 5.88 Å². The number of imidazole rings is 1. The van der Waals surface area contributed by atoms with Crippen LogP contribution in [0, 0.1) is 0 Å². The largest absolute Gasteiger partial charge is 0.494 e. The van der Waals surface area contributed by atoms with Crippen LogP contribution in [-0.4, -0.2) is 27.6 Å². The maximum Gasteiger partial charge on any atom is 0.197 e. The SMILES string of the molecule is Oc1cccc2cnc(C3CCNCC3)n12. The third-order valence-electron chi connectivity index (χ3n) is 3.26. The molecule has 0 bridgehead atoms. The molecular weight excluding hydrogens is 202 g/mol. The first kappa shape index (κ1) is 9.66. The number of aromatic hydroxyl groups is 1. The van der Waals surface area contributed by atoms with Crippen LogP contribution in [0.25, 0.3) is 5.52 Å².